The van der Waals surface area contributed by atoms with Gasteiger partial charge in [-0.15, -0.1) is 0 Å². The molecule has 0 saturated heterocycles. The Bertz CT molecular complexity index is 1490. The molecular formula is C29H36N4O6S. The molecule has 0 aliphatic carbocycles. The molecule has 40 heavy (non-hydrogen) atoms. The molecule has 3 atom stereocenters. The second kappa shape index (κ2) is 12.2. The Morgan fingerprint density at radius 2 is 1.88 bits per heavy atom. The van der Waals surface area contributed by atoms with Gasteiger partial charge in [-0.25, -0.2) is 17.5 Å². The monoisotopic (exact) mass is 568 g/mol. The van der Waals surface area contributed by atoms with Gasteiger partial charge in [0.2, 0.25) is 15.9 Å². The van der Waals surface area contributed by atoms with Crippen molar-refractivity contribution in [3.05, 3.63) is 66.2 Å². The number of benzene rings is 3. The number of hydrogen-bond donors (Lipinski definition) is 3. The van der Waals surface area contributed by atoms with Crippen molar-refractivity contribution in [2.45, 2.75) is 32.4 Å². The van der Waals surface area contributed by atoms with Crippen molar-refractivity contribution in [2.75, 3.05) is 43.6 Å². The average Bonchev–Trinajstić information content (AvgIpc) is 2.95. The minimum absolute atomic E-state index is 0.0124. The van der Waals surface area contributed by atoms with Crippen molar-refractivity contribution in [1.82, 2.24) is 9.21 Å². The molecule has 3 amide bonds. The normalized spacial score (nSPS) is 18.8. The quantitative estimate of drug-likeness (QED) is 0.400. The van der Waals surface area contributed by atoms with Gasteiger partial charge >= 0.3 is 6.03 Å². The van der Waals surface area contributed by atoms with E-state index >= 15 is 0 Å². The van der Waals surface area contributed by atoms with Gasteiger partial charge in [-0.05, 0) is 36.6 Å². The van der Waals surface area contributed by atoms with Crippen LogP contribution in [0.3, 0.4) is 0 Å². The van der Waals surface area contributed by atoms with Crippen LogP contribution in [0.2, 0.25) is 0 Å². The zero-order valence-corrected chi connectivity index (χ0v) is 23.9. The molecule has 4 rings (SSSR count). The van der Waals surface area contributed by atoms with Crippen molar-refractivity contribution in [3.8, 4) is 5.75 Å². The number of aliphatic hydroxyl groups is 1. The van der Waals surface area contributed by atoms with Crippen LogP contribution >= 0.6 is 0 Å². The van der Waals surface area contributed by atoms with Gasteiger partial charge in [0.15, 0.2) is 0 Å². The molecule has 3 aromatic carbocycles. The number of anilines is 2. The number of aliphatic hydroxyl groups excluding tert-OH is 1. The van der Waals surface area contributed by atoms with Gasteiger partial charge in [0.25, 0.3) is 0 Å². The summed E-state index contributed by atoms with van der Waals surface area (Å²) in [4.78, 5) is 27.9. The Balaban J connectivity index is 1.61. The van der Waals surface area contributed by atoms with E-state index in [1.807, 2.05) is 49.4 Å². The fourth-order valence-electron chi connectivity index (χ4n) is 4.73. The van der Waals surface area contributed by atoms with E-state index in [9.17, 15) is 23.1 Å². The van der Waals surface area contributed by atoms with Gasteiger partial charge in [-0.3, -0.25) is 4.79 Å². The highest BCUT2D eigenvalue weighted by atomic mass is 32.2. The van der Waals surface area contributed by atoms with Crippen LogP contribution in [-0.4, -0.2) is 79.8 Å². The third-order valence-electron chi connectivity index (χ3n) is 7.22. The summed E-state index contributed by atoms with van der Waals surface area (Å²) in [5, 5.41) is 17.4. The van der Waals surface area contributed by atoms with Crippen LogP contribution in [0.4, 0.5) is 16.2 Å². The number of ether oxygens (including phenoxy) is 1. The first kappa shape index (κ1) is 29.3. The summed E-state index contributed by atoms with van der Waals surface area (Å²) in [6.07, 6.45) is 0.555. The highest BCUT2D eigenvalue weighted by Gasteiger charge is 2.32. The van der Waals surface area contributed by atoms with E-state index in [1.54, 1.807) is 30.0 Å². The highest BCUT2D eigenvalue weighted by molar-refractivity contribution is 7.88. The maximum absolute atomic E-state index is 13.4. The summed E-state index contributed by atoms with van der Waals surface area (Å²) in [5.41, 5.74) is 1.67. The largest absolute Gasteiger partial charge is 0.488 e. The van der Waals surface area contributed by atoms with Gasteiger partial charge in [-0.1, -0.05) is 43.3 Å². The van der Waals surface area contributed by atoms with Crippen LogP contribution in [0, 0.1) is 5.92 Å². The summed E-state index contributed by atoms with van der Waals surface area (Å²) >= 11 is 0. The van der Waals surface area contributed by atoms with Crippen molar-refractivity contribution >= 4 is 44.1 Å². The number of likely N-dealkylation sites (N-methyl/N-ethyl adjacent to an activating group) is 1. The zero-order chi connectivity index (χ0) is 29.0. The Labute approximate surface area is 235 Å². The number of amides is 3. The van der Waals surface area contributed by atoms with E-state index in [-0.39, 0.29) is 37.9 Å². The molecule has 3 aromatic rings. The molecule has 0 unspecified atom stereocenters. The Morgan fingerprint density at radius 3 is 2.60 bits per heavy atom. The van der Waals surface area contributed by atoms with Gasteiger partial charge < -0.3 is 25.4 Å². The number of fused-ring (bicyclic) bond motifs is 2. The summed E-state index contributed by atoms with van der Waals surface area (Å²) < 4.78 is 31.8. The number of nitrogens with one attached hydrogen (secondary N) is 2. The molecule has 0 fully saturated rings. The van der Waals surface area contributed by atoms with Crippen molar-refractivity contribution < 1.29 is 27.9 Å². The van der Waals surface area contributed by atoms with Crippen LogP contribution in [0.25, 0.3) is 10.8 Å². The van der Waals surface area contributed by atoms with Crippen LogP contribution in [0.5, 0.6) is 5.75 Å². The molecule has 0 radical (unpaired) electrons. The lowest BCUT2D eigenvalue weighted by Crippen LogP contribution is -2.48. The first-order valence-electron chi connectivity index (χ1n) is 13.1. The molecule has 1 heterocycles. The van der Waals surface area contributed by atoms with Crippen LogP contribution in [-0.2, 0) is 21.2 Å². The number of carbonyl (C=O) groups is 2. The third kappa shape index (κ3) is 6.90. The number of rotatable bonds is 7. The fourth-order valence-corrected chi connectivity index (χ4v) is 5.15. The lowest BCUT2D eigenvalue weighted by Gasteiger charge is -2.33. The molecule has 1 aliphatic rings. The highest BCUT2D eigenvalue weighted by Crippen LogP contribution is 2.30. The van der Waals surface area contributed by atoms with E-state index < -0.39 is 28.2 Å². The predicted octanol–water partition coefficient (Wildman–Crippen LogP) is 3.52. The average molecular weight is 569 g/mol. The first-order valence-corrected chi connectivity index (χ1v) is 15.0. The number of nitrogens with zero attached hydrogens (tertiary/aromatic N) is 2. The Hall–Kier alpha value is -3.67. The number of hydrogen-bond acceptors (Lipinski definition) is 6. The van der Waals surface area contributed by atoms with Crippen molar-refractivity contribution in [3.63, 3.8) is 0 Å². The second-order valence-electron chi connectivity index (χ2n) is 10.4. The van der Waals surface area contributed by atoms with E-state index in [0.717, 1.165) is 17.0 Å². The predicted molar refractivity (Wildman–Crippen MR) is 156 cm³/mol. The standard InChI is InChI=1S/C29H36N4O6S/c1-19-16-33(20(2)18-34)28(35)15-22-14-23(12-13-26(22)39-27(19)17-32(3)40(4,37)38)30-29(36)31-25-11-7-9-21-8-5-6-10-24(21)25/h5-14,19-20,27,34H,15-18H2,1-4H3,(H2,30,31,36)/t19-,20-,27-/m1/s1. The van der Waals surface area contributed by atoms with Crippen molar-refractivity contribution in [1.29, 1.82) is 0 Å². The SMILES string of the molecule is C[C@@H]1CN([C@H](C)CO)C(=O)Cc2cc(NC(=O)Nc3cccc4ccccc34)ccc2O[C@@H]1CN(C)S(C)(=O)=O. The molecule has 10 nitrogen and oxygen atoms in total. The van der Waals surface area contributed by atoms with Gasteiger partial charge in [0, 0.05) is 36.1 Å². The molecule has 3 N–H and O–H groups in total. The number of carbonyl (C=O) groups excluding carboxylic acids is 2. The molecule has 0 bridgehead atoms. The van der Waals surface area contributed by atoms with Crippen LogP contribution in [0.1, 0.15) is 19.4 Å². The first-order chi connectivity index (χ1) is 19.0. The smallest absolute Gasteiger partial charge is 0.323 e. The molecule has 0 spiro atoms. The van der Waals surface area contributed by atoms with Crippen LogP contribution < -0.4 is 15.4 Å². The number of urea groups is 1. The summed E-state index contributed by atoms with van der Waals surface area (Å²) in [6, 6.07) is 17.6. The van der Waals surface area contributed by atoms with Gasteiger partial charge in [-0.2, -0.15) is 0 Å². The van der Waals surface area contributed by atoms with E-state index in [0.29, 0.717) is 22.7 Å². The Morgan fingerprint density at radius 1 is 1.15 bits per heavy atom. The second-order valence-corrected chi connectivity index (χ2v) is 12.4. The molecule has 214 valence electrons. The van der Waals surface area contributed by atoms with Gasteiger partial charge in [0.05, 0.1) is 37.6 Å². The van der Waals surface area contributed by atoms with E-state index in [1.165, 1.54) is 11.4 Å². The third-order valence-corrected chi connectivity index (χ3v) is 8.50. The zero-order valence-electron chi connectivity index (χ0n) is 23.1. The van der Waals surface area contributed by atoms with Gasteiger partial charge in [0.1, 0.15) is 11.9 Å². The van der Waals surface area contributed by atoms with Crippen LogP contribution in [0.15, 0.2) is 60.7 Å². The minimum atomic E-state index is -3.46. The summed E-state index contributed by atoms with van der Waals surface area (Å²) in [7, 11) is -1.97. The fraction of sp³-hybridized carbons (Fsp3) is 0.379. The van der Waals surface area contributed by atoms with E-state index in [2.05, 4.69) is 10.6 Å². The van der Waals surface area contributed by atoms with E-state index in [4.69, 9.17) is 4.74 Å². The lowest BCUT2D eigenvalue weighted by atomic mass is 10.0. The van der Waals surface area contributed by atoms with Crippen molar-refractivity contribution in [2.24, 2.45) is 5.92 Å². The topological polar surface area (TPSA) is 128 Å². The lowest BCUT2D eigenvalue weighted by molar-refractivity contribution is -0.134. The number of sulfonamides is 1. The molecule has 0 saturated carbocycles. The maximum atomic E-state index is 13.4. The Kier molecular flexibility index (Phi) is 8.97. The molecular weight excluding hydrogens is 532 g/mol. The molecule has 11 heteroatoms. The molecule has 1 aliphatic heterocycles. The maximum Gasteiger partial charge on any atom is 0.323 e. The summed E-state index contributed by atoms with van der Waals surface area (Å²) in [6.45, 7) is 3.81. The summed E-state index contributed by atoms with van der Waals surface area (Å²) in [5.74, 6) is -0.00397. The minimum Gasteiger partial charge on any atom is -0.488 e. The molecule has 0 aromatic heterocycles.